The quantitative estimate of drug-likeness (QED) is 0.481. The van der Waals surface area contributed by atoms with E-state index in [2.05, 4.69) is 5.32 Å². The van der Waals surface area contributed by atoms with Crippen molar-refractivity contribution in [1.82, 2.24) is 5.32 Å². The molecule has 1 aliphatic heterocycles. The molecule has 2 aliphatic carbocycles. The van der Waals surface area contributed by atoms with E-state index in [1.807, 2.05) is 0 Å². The summed E-state index contributed by atoms with van der Waals surface area (Å²) in [5.74, 6) is -4.17. The van der Waals surface area contributed by atoms with Gasteiger partial charge in [-0.1, -0.05) is 19.1 Å². The minimum absolute atomic E-state index is 0.168. The second-order valence-electron chi connectivity index (χ2n) is 9.47. The summed E-state index contributed by atoms with van der Waals surface area (Å²) in [7, 11) is 1.20. The maximum atomic E-state index is 13.6. The van der Waals surface area contributed by atoms with Gasteiger partial charge in [0.2, 0.25) is 0 Å². The Kier molecular flexibility index (Phi) is 6.79. The molecule has 35 heavy (non-hydrogen) atoms. The molecule has 4 rings (SSSR count). The van der Waals surface area contributed by atoms with Gasteiger partial charge in [0.1, 0.15) is 12.0 Å². The zero-order chi connectivity index (χ0) is 25.5. The Balaban J connectivity index is 1.81. The van der Waals surface area contributed by atoms with Crippen molar-refractivity contribution in [3.63, 3.8) is 0 Å². The van der Waals surface area contributed by atoms with E-state index >= 15 is 0 Å². The summed E-state index contributed by atoms with van der Waals surface area (Å²) in [5, 5.41) is 3.15. The van der Waals surface area contributed by atoms with Crippen molar-refractivity contribution < 1.29 is 37.0 Å². The number of methoxy groups -OCH3 is 1. The molecular weight excluding hydrogens is 463 g/mol. The molecule has 9 heteroatoms. The number of carbonyl (C=O) groups excluding carboxylic acids is 3. The maximum absolute atomic E-state index is 13.6. The van der Waals surface area contributed by atoms with Crippen molar-refractivity contribution in [3.05, 3.63) is 57.9 Å². The summed E-state index contributed by atoms with van der Waals surface area (Å²) in [4.78, 5) is 39.5. The fourth-order valence-electron chi connectivity index (χ4n) is 5.37. The van der Waals surface area contributed by atoms with Gasteiger partial charge in [0.05, 0.1) is 18.2 Å². The topological polar surface area (TPSA) is 81.7 Å². The first-order valence-corrected chi connectivity index (χ1v) is 11.7. The Morgan fingerprint density at radius 1 is 1.09 bits per heavy atom. The smallest absolute Gasteiger partial charge is 0.416 e. The van der Waals surface area contributed by atoms with Crippen molar-refractivity contribution in [2.24, 2.45) is 11.8 Å². The highest BCUT2D eigenvalue weighted by Crippen LogP contribution is 2.46. The van der Waals surface area contributed by atoms with Crippen LogP contribution in [0.15, 0.2) is 46.8 Å². The Hall–Kier alpha value is -3.10. The van der Waals surface area contributed by atoms with Gasteiger partial charge < -0.3 is 14.8 Å². The summed E-state index contributed by atoms with van der Waals surface area (Å²) >= 11 is 0. The molecule has 1 saturated carbocycles. The Labute approximate surface area is 201 Å². The fourth-order valence-corrected chi connectivity index (χ4v) is 5.37. The van der Waals surface area contributed by atoms with Gasteiger partial charge in [-0.15, -0.1) is 0 Å². The molecule has 0 bridgehead atoms. The van der Waals surface area contributed by atoms with Gasteiger partial charge in [0.25, 0.3) is 0 Å². The van der Waals surface area contributed by atoms with Crippen LogP contribution < -0.4 is 5.32 Å². The average molecular weight is 492 g/mol. The normalized spacial score (nSPS) is 25.3. The number of dihydropyridines is 1. The zero-order valence-electron chi connectivity index (χ0n) is 19.8. The summed E-state index contributed by atoms with van der Waals surface area (Å²) < 4.78 is 50.2. The van der Waals surface area contributed by atoms with Gasteiger partial charge in [-0.05, 0) is 62.6 Å². The largest absolute Gasteiger partial charge is 0.468 e. The molecule has 0 amide bonds. The number of nitrogens with one attached hydrogen (secondary N) is 1. The number of esters is 2. The lowest BCUT2D eigenvalue weighted by atomic mass is 9.69. The zero-order valence-corrected chi connectivity index (χ0v) is 19.8. The molecule has 1 heterocycles. The number of ketones is 1. The number of Topliss-reactive ketones (excluding diaryl/α,β-unsaturated/α-hetero) is 1. The van der Waals surface area contributed by atoms with Crippen LogP contribution in [0, 0.1) is 11.8 Å². The molecule has 0 saturated heterocycles. The number of hydrogen-bond donors (Lipinski definition) is 1. The molecular formula is C26H28F3NO5. The summed E-state index contributed by atoms with van der Waals surface area (Å²) in [6.07, 6.45) is -1.04. The number of alkyl halides is 3. The first-order valence-electron chi connectivity index (χ1n) is 11.7. The van der Waals surface area contributed by atoms with Crippen molar-refractivity contribution in [2.45, 2.75) is 64.1 Å². The Bertz CT molecular complexity index is 1100. The fraction of sp³-hybridized carbons (Fsp3) is 0.500. The predicted molar refractivity (Wildman–Crippen MR) is 120 cm³/mol. The van der Waals surface area contributed by atoms with E-state index in [1.165, 1.54) is 19.2 Å². The van der Waals surface area contributed by atoms with Crippen molar-refractivity contribution in [3.8, 4) is 0 Å². The highest BCUT2D eigenvalue weighted by molar-refractivity contribution is 6.12. The van der Waals surface area contributed by atoms with E-state index < -0.39 is 41.3 Å². The second kappa shape index (κ2) is 9.51. The maximum Gasteiger partial charge on any atom is 0.416 e. The second-order valence-corrected chi connectivity index (χ2v) is 9.47. The van der Waals surface area contributed by atoms with Crippen LogP contribution >= 0.6 is 0 Å². The van der Waals surface area contributed by atoms with Gasteiger partial charge in [-0.2, -0.15) is 13.2 Å². The highest BCUT2D eigenvalue weighted by atomic mass is 19.4. The number of halogens is 3. The average Bonchev–Trinajstić information content (AvgIpc) is 3.30. The molecule has 3 atom stereocenters. The van der Waals surface area contributed by atoms with Crippen LogP contribution in [0.25, 0.3) is 0 Å². The van der Waals surface area contributed by atoms with Crippen LogP contribution in [-0.2, 0) is 30.0 Å². The lowest BCUT2D eigenvalue weighted by Gasteiger charge is -2.38. The summed E-state index contributed by atoms with van der Waals surface area (Å²) in [6.45, 7) is 3.45. The first-order chi connectivity index (χ1) is 16.5. The molecule has 0 radical (unpaired) electrons. The van der Waals surface area contributed by atoms with E-state index in [1.54, 1.807) is 13.8 Å². The van der Waals surface area contributed by atoms with Gasteiger partial charge in [-0.3, -0.25) is 9.59 Å². The van der Waals surface area contributed by atoms with Crippen LogP contribution in [0.2, 0.25) is 0 Å². The van der Waals surface area contributed by atoms with Crippen LogP contribution in [0.3, 0.4) is 0 Å². The van der Waals surface area contributed by atoms with Gasteiger partial charge in [-0.25, -0.2) is 4.79 Å². The standard InChI is InChI=1S/C26H28F3NO5/c1-13-12-18-22(23(31)19(13)24(32)34-3)21(15-8-10-16(11-9-15)26(27,28)29)20(14(2)30-18)25(33)35-17-6-4-5-7-17/h8-11,13,17,19,21,30H,4-7,12H2,1-3H3. The number of hydrogen-bond acceptors (Lipinski definition) is 6. The predicted octanol–water partition coefficient (Wildman–Crippen LogP) is 4.80. The van der Waals surface area contributed by atoms with E-state index in [0.29, 0.717) is 23.4 Å². The van der Waals surface area contributed by atoms with Crippen LogP contribution in [0.4, 0.5) is 13.2 Å². The van der Waals surface area contributed by atoms with Crippen LogP contribution in [0.5, 0.6) is 0 Å². The number of rotatable bonds is 4. The van der Waals surface area contributed by atoms with Crippen molar-refractivity contribution in [1.29, 1.82) is 0 Å². The number of ether oxygens (including phenoxy) is 2. The molecule has 1 aromatic carbocycles. The number of allylic oxidation sites excluding steroid dienone is 3. The Morgan fingerprint density at radius 2 is 1.71 bits per heavy atom. The third-order valence-electron chi connectivity index (χ3n) is 7.11. The van der Waals surface area contributed by atoms with Gasteiger partial charge in [0, 0.05) is 22.9 Å². The SMILES string of the molecule is COC(=O)C1C(=O)C2=C(CC1C)NC(C)=C(C(=O)OC1CCCC1)C2c1ccc(C(F)(F)F)cc1. The highest BCUT2D eigenvalue weighted by Gasteiger charge is 2.47. The molecule has 3 aliphatic rings. The van der Waals surface area contributed by atoms with Gasteiger partial charge in [0.15, 0.2) is 5.78 Å². The van der Waals surface area contributed by atoms with E-state index in [9.17, 15) is 27.6 Å². The van der Waals surface area contributed by atoms with Crippen molar-refractivity contribution in [2.75, 3.05) is 7.11 Å². The van der Waals surface area contributed by atoms with Crippen molar-refractivity contribution >= 4 is 17.7 Å². The molecule has 1 N–H and O–H groups in total. The lowest BCUT2D eigenvalue weighted by molar-refractivity contribution is -0.151. The molecule has 0 spiro atoms. The van der Waals surface area contributed by atoms with Gasteiger partial charge >= 0.3 is 18.1 Å². The number of benzene rings is 1. The minimum atomic E-state index is -4.53. The van der Waals surface area contributed by atoms with E-state index in [0.717, 1.165) is 37.8 Å². The monoisotopic (exact) mass is 491 g/mol. The van der Waals surface area contributed by atoms with Crippen LogP contribution in [-0.4, -0.2) is 30.9 Å². The summed E-state index contributed by atoms with van der Waals surface area (Å²) in [5.41, 5.74) is 0.909. The molecule has 3 unspecified atom stereocenters. The lowest BCUT2D eigenvalue weighted by Crippen LogP contribution is -2.43. The molecule has 1 aromatic rings. The number of carbonyl (C=O) groups is 3. The minimum Gasteiger partial charge on any atom is -0.468 e. The third kappa shape index (κ3) is 4.73. The van der Waals surface area contributed by atoms with Crippen LogP contribution in [0.1, 0.15) is 63.0 Å². The Morgan fingerprint density at radius 3 is 2.29 bits per heavy atom. The first kappa shape index (κ1) is 25.0. The van der Waals surface area contributed by atoms with E-state index in [-0.39, 0.29) is 23.2 Å². The third-order valence-corrected chi connectivity index (χ3v) is 7.11. The van der Waals surface area contributed by atoms with E-state index in [4.69, 9.17) is 9.47 Å². The molecule has 0 aromatic heterocycles. The molecule has 1 fully saturated rings. The molecule has 188 valence electrons. The summed E-state index contributed by atoms with van der Waals surface area (Å²) in [6, 6.07) is 4.41. The molecule has 6 nitrogen and oxygen atoms in total.